The van der Waals surface area contributed by atoms with Gasteiger partial charge in [0, 0.05) is 20.1 Å². The van der Waals surface area contributed by atoms with Gasteiger partial charge in [-0.1, -0.05) is 44.0 Å². The van der Waals surface area contributed by atoms with Gasteiger partial charge in [-0.2, -0.15) is 13.2 Å². The molecule has 1 fully saturated rings. The molecule has 0 radical (unpaired) electrons. The van der Waals surface area contributed by atoms with Crippen LogP contribution < -0.4 is 10.6 Å². The number of carbonyl (C=O) groups is 1. The van der Waals surface area contributed by atoms with E-state index in [4.69, 9.17) is 4.74 Å². The summed E-state index contributed by atoms with van der Waals surface area (Å²) in [5.41, 5.74) is 1.51. The number of carbonyl (C=O) groups excluding carboxylic acids is 1. The van der Waals surface area contributed by atoms with E-state index in [9.17, 15) is 18.0 Å². The fourth-order valence-corrected chi connectivity index (χ4v) is 3.45. The van der Waals surface area contributed by atoms with Crippen molar-refractivity contribution in [2.45, 2.75) is 58.0 Å². The van der Waals surface area contributed by atoms with Crippen molar-refractivity contribution in [3.05, 3.63) is 35.4 Å². The molecule has 2 unspecified atom stereocenters. The van der Waals surface area contributed by atoms with Crippen molar-refractivity contribution in [3.63, 3.8) is 0 Å². The summed E-state index contributed by atoms with van der Waals surface area (Å²) in [4.78, 5) is 18.1. The Labute approximate surface area is 182 Å². The van der Waals surface area contributed by atoms with Crippen LogP contribution in [0.25, 0.3) is 0 Å². The van der Waals surface area contributed by atoms with E-state index in [1.165, 1.54) is 11.3 Å². The van der Waals surface area contributed by atoms with Gasteiger partial charge in [-0.3, -0.25) is 4.79 Å². The van der Waals surface area contributed by atoms with E-state index in [0.29, 0.717) is 24.0 Å². The van der Waals surface area contributed by atoms with E-state index in [1.54, 1.807) is 32.3 Å². The Morgan fingerprint density at radius 2 is 1.94 bits per heavy atom. The standard InChI is InChI=1S/C22H33F3N4O2/c1-16-7-4-5-10-19(16)28-21(27-13-20(30)29(2)3)26-12-17-8-6-9-18(11-17)14-31-15-22(23,24)25/h6,8-9,11,16,19H,4-5,7,10,12-15H2,1-3H3,(H2,26,27,28). The van der Waals surface area contributed by atoms with Gasteiger partial charge in [-0.15, -0.1) is 0 Å². The van der Waals surface area contributed by atoms with Crippen LogP contribution >= 0.6 is 0 Å². The van der Waals surface area contributed by atoms with Crippen LogP contribution in [0.5, 0.6) is 0 Å². The van der Waals surface area contributed by atoms with Gasteiger partial charge in [0.25, 0.3) is 0 Å². The number of amides is 1. The van der Waals surface area contributed by atoms with E-state index < -0.39 is 12.8 Å². The Bertz CT molecular complexity index is 738. The maximum atomic E-state index is 12.3. The first-order valence-electron chi connectivity index (χ1n) is 10.6. The largest absolute Gasteiger partial charge is 0.411 e. The lowest BCUT2D eigenvalue weighted by Gasteiger charge is -2.31. The van der Waals surface area contributed by atoms with Crippen molar-refractivity contribution in [1.29, 1.82) is 0 Å². The lowest BCUT2D eigenvalue weighted by Crippen LogP contribution is -2.49. The van der Waals surface area contributed by atoms with E-state index in [-0.39, 0.29) is 25.1 Å². The summed E-state index contributed by atoms with van der Waals surface area (Å²) in [6.45, 7) is 1.29. The number of hydrogen-bond acceptors (Lipinski definition) is 3. The van der Waals surface area contributed by atoms with Crippen LogP contribution in [-0.4, -0.2) is 56.2 Å². The van der Waals surface area contributed by atoms with E-state index >= 15 is 0 Å². The van der Waals surface area contributed by atoms with Gasteiger partial charge in [-0.25, -0.2) is 4.99 Å². The summed E-state index contributed by atoms with van der Waals surface area (Å²) in [6.07, 6.45) is 0.249. The molecule has 0 spiro atoms. The third-order valence-corrected chi connectivity index (χ3v) is 5.29. The zero-order chi connectivity index (χ0) is 22.9. The molecule has 0 saturated heterocycles. The Kier molecular flexibility index (Phi) is 9.61. The van der Waals surface area contributed by atoms with Crippen molar-refractivity contribution in [3.8, 4) is 0 Å². The third kappa shape index (κ3) is 9.59. The monoisotopic (exact) mass is 442 g/mol. The third-order valence-electron chi connectivity index (χ3n) is 5.29. The molecule has 2 rings (SSSR count). The highest BCUT2D eigenvalue weighted by molar-refractivity contribution is 5.86. The molecule has 1 aliphatic carbocycles. The number of likely N-dealkylation sites (N-methyl/N-ethyl adjacent to an activating group) is 1. The van der Waals surface area contributed by atoms with Crippen molar-refractivity contribution in [2.24, 2.45) is 10.9 Å². The lowest BCUT2D eigenvalue weighted by molar-refractivity contribution is -0.176. The van der Waals surface area contributed by atoms with Crippen molar-refractivity contribution < 1.29 is 22.7 Å². The van der Waals surface area contributed by atoms with Crippen LogP contribution in [-0.2, 0) is 22.7 Å². The number of hydrogen-bond donors (Lipinski definition) is 2. The fraction of sp³-hybridized carbons (Fsp3) is 0.636. The van der Waals surface area contributed by atoms with Crippen LogP contribution in [0.15, 0.2) is 29.3 Å². The summed E-state index contributed by atoms with van der Waals surface area (Å²) in [5.74, 6) is 1.02. The SMILES string of the molecule is CC1CCCCC1NC(=NCc1cccc(COCC(F)(F)F)c1)NCC(=O)N(C)C. The van der Waals surface area contributed by atoms with Gasteiger partial charge in [0.15, 0.2) is 5.96 Å². The van der Waals surface area contributed by atoms with Crippen molar-refractivity contribution >= 4 is 11.9 Å². The van der Waals surface area contributed by atoms with E-state index in [0.717, 1.165) is 24.8 Å². The normalized spacial score (nSPS) is 19.7. The summed E-state index contributed by atoms with van der Waals surface area (Å²) < 4.78 is 41.5. The summed E-state index contributed by atoms with van der Waals surface area (Å²) in [6, 6.07) is 7.43. The number of benzene rings is 1. The highest BCUT2D eigenvalue weighted by atomic mass is 19.4. The second kappa shape index (κ2) is 11.9. The average Bonchev–Trinajstić information content (AvgIpc) is 2.70. The van der Waals surface area contributed by atoms with Gasteiger partial charge in [0.2, 0.25) is 5.91 Å². The van der Waals surface area contributed by atoms with Crippen molar-refractivity contribution in [1.82, 2.24) is 15.5 Å². The van der Waals surface area contributed by atoms with Crippen LogP contribution in [0.2, 0.25) is 0 Å². The minimum atomic E-state index is -4.34. The first-order chi connectivity index (χ1) is 14.6. The number of nitrogens with zero attached hydrogens (tertiary/aromatic N) is 2. The summed E-state index contributed by atoms with van der Waals surface area (Å²) in [5, 5.41) is 6.56. The van der Waals surface area contributed by atoms with Crippen LogP contribution in [0.3, 0.4) is 0 Å². The molecule has 6 nitrogen and oxygen atoms in total. The lowest BCUT2D eigenvalue weighted by atomic mass is 9.86. The Hall–Kier alpha value is -2.29. The van der Waals surface area contributed by atoms with Gasteiger partial charge in [0.1, 0.15) is 6.61 Å². The topological polar surface area (TPSA) is 66.0 Å². The van der Waals surface area contributed by atoms with Crippen LogP contribution in [0.4, 0.5) is 13.2 Å². The number of halogens is 3. The number of nitrogens with one attached hydrogen (secondary N) is 2. The molecule has 0 heterocycles. The second-order valence-corrected chi connectivity index (χ2v) is 8.25. The predicted octanol–water partition coefficient (Wildman–Crippen LogP) is 3.47. The zero-order valence-corrected chi connectivity index (χ0v) is 18.5. The summed E-state index contributed by atoms with van der Waals surface area (Å²) >= 11 is 0. The molecule has 9 heteroatoms. The molecular weight excluding hydrogens is 409 g/mol. The molecular formula is C22H33F3N4O2. The Balaban J connectivity index is 2.02. The maximum Gasteiger partial charge on any atom is 0.411 e. The smallest absolute Gasteiger partial charge is 0.367 e. The van der Waals surface area contributed by atoms with E-state index in [1.807, 2.05) is 6.07 Å². The van der Waals surface area contributed by atoms with Gasteiger partial charge < -0.3 is 20.3 Å². The van der Waals surface area contributed by atoms with Crippen LogP contribution in [0.1, 0.15) is 43.7 Å². The molecule has 174 valence electrons. The highest BCUT2D eigenvalue weighted by Crippen LogP contribution is 2.23. The zero-order valence-electron chi connectivity index (χ0n) is 18.5. The molecule has 1 aromatic rings. The minimum absolute atomic E-state index is 0.0602. The molecule has 0 bridgehead atoms. The van der Waals surface area contributed by atoms with Crippen LogP contribution in [0, 0.1) is 5.92 Å². The Morgan fingerprint density at radius 3 is 2.61 bits per heavy atom. The van der Waals surface area contributed by atoms with Gasteiger partial charge in [0.05, 0.1) is 19.7 Å². The second-order valence-electron chi connectivity index (χ2n) is 8.25. The molecule has 0 aliphatic heterocycles. The fourth-order valence-electron chi connectivity index (χ4n) is 3.45. The first-order valence-corrected chi connectivity index (χ1v) is 10.6. The van der Waals surface area contributed by atoms with Gasteiger partial charge in [-0.05, 0) is 29.9 Å². The predicted molar refractivity (Wildman–Crippen MR) is 115 cm³/mol. The highest BCUT2D eigenvalue weighted by Gasteiger charge is 2.27. The molecule has 1 amide bonds. The number of aliphatic imine (C=N–C) groups is 1. The number of alkyl halides is 3. The number of guanidine groups is 1. The molecule has 2 N–H and O–H groups in total. The summed E-state index contributed by atoms with van der Waals surface area (Å²) in [7, 11) is 3.40. The molecule has 2 atom stereocenters. The van der Waals surface area contributed by atoms with Gasteiger partial charge >= 0.3 is 6.18 Å². The number of rotatable bonds is 8. The Morgan fingerprint density at radius 1 is 1.23 bits per heavy atom. The van der Waals surface area contributed by atoms with E-state index in [2.05, 4.69) is 22.5 Å². The molecule has 31 heavy (non-hydrogen) atoms. The first kappa shape index (κ1) is 25.0. The minimum Gasteiger partial charge on any atom is -0.367 e. The average molecular weight is 443 g/mol. The molecule has 1 aliphatic rings. The van der Waals surface area contributed by atoms with Crippen molar-refractivity contribution in [2.75, 3.05) is 27.2 Å². The molecule has 1 saturated carbocycles. The quantitative estimate of drug-likeness (QED) is 0.478. The maximum absolute atomic E-state index is 12.3. The molecule has 1 aromatic carbocycles. The molecule has 0 aromatic heterocycles. The number of ether oxygens (including phenoxy) is 1.